The minimum absolute atomic E-state index is 0.780. The summed E-state index contributed by atoms with van der Waals surface area (Å²) in [5.74, 6) is 0.780. The lowest BCUT2D eigenvalue weighted by Gasteiger charge is -2.00. The van der Waals surface area contributed by atoms with Gasteiger partial charge in [-0.15, -0.1) is 4.80 Å². The summed E-state index contributed by atoms with van der Waals surface area (Å²) in [7, 11) is 0. The smallest absolute Gasteiger partial charge is 0.177 e. The van der Waals surface area contributed by atoms with Crippen LogP contribution in [-0.2, 0) is 0 Å². The number of hydrogen-bond acceptors (Lipinski definition) is 3. The maximum atomic E-state index is 4.16. The lowest BCUT2D eigenvalue weighted by Crippen LogP contribution is -2.02. The molecule has 0 aliphatic rings. The number of pyridine rings is 1. The van der Waals surface area contributed by atoms with E-state index in [1.54, 1.807) is 18.6 Å². The molecular weight excluding hydrogens is 152 g/mol. The molecule has 0 N–H and O–H groups in total. The van der Waals surface area contributed by atoms with Crippen molar-refractivity contribution in [3.63, 3.8) is 0 Å². The number of aromatic nitrogens is 4. The van der Waals surface area contributed by atoms with E-state index in [1.165, 1.54) is 4.80 Å². The van der Waals surface area contributed by atoms with E-state index in [1.807, 2.05) is 19.1 Å². The maximum Gasteiger partial charge on any atom is 0.177 e. The van der Waals surface area contributed by atoms with Crippen LogP contribution in [0.1, 0.15) is 5.56 Å². The van der Waals surface area contributed by atoms with Gasteiger partial charge in [0.25, 0.3) is 0 Å². The first-order valence-corrected chi connectivity index (χ1v) is 3.66. The van der Waals surface area contributed by atoms with E-state index in [4.69, 9.17) is 0 Å². The molecule has 0 amide bonds. The maximum absolute atomic E-state index is 4.16. The van der Waals surface area contributed by atoms with Crippen molar-refractivity contribution in [1.29, 1.82) is 0 Å². The second-order valence-corrected chi connectivity index (χ2v) is 2.46. The fourth-order valence-electron chi connectivity index (χ4n) is 1.01. The monoisotopic (exact) mass is 160 g/mol. The summed E-state index contributed by atoms with van der Waals surface area (Å²) in [5.41, 5.74) is 1.06. The first-order valence-electron chi connectivity index (χ1n) is 3.66. The fourth-order valence-corrected chi connectivity index (χ4v) is 1.01. The van der Waals surface area contributed by atoms with Crippen molar-refractivity contribution in [2.75, 3.05) is 0 Å². The highest BCUT2D eigenvalue weighted by Crippen LogP contribution is 2.05. The number of rotatable bonds is 1. The van der Waals surface area contributed by atoms with Crippen LogP contribution in [0.25, 0.3) is 5.82 Å². The Hall–Kier alpha value is -1.71. The quantitative estimate of drug-likeness (QED) is 0.624. The standard InChI is InChI=1S/C8H8N4/c1-7-3-2-4-9-8(7)12-10-5-6-11-12/h2-6H,1H3. The van der Waals surface area contributed by atoms with Crippen molar-refractivity contribution < 1.29 is 0 Å². The van der Waals surface area contributed by atoms with Gasteiger partial charge in [0.1, 0.15) is 0 Å². The van der Waals surface area contributed by atoms with E-state index < -0.39 is 0 Å². The fraction of sp³-hybridized carbons (Fsp3) is 0.125. The lowest BCUT2D eigenvalue weighted by atomic mass is 10.3. The van der Waals surface area contributed by atoms with Gasteiger partial charge in [0.2, 0.25) is 0 Å². The minimum Gasteiger partial charge on any atom is -0.235 e. The van der Waals surface area contributed by atoms with Gasteiger partial charge in [-0.1, -0.05) is 6.07 Å². The number of aryl methyl sites for hydroxylation is 1. The van der Waals surface area contributed by atoms with Gasteiger partial charge in [0, 0.05) is 6.20 Å². The van der Waals surface area contributed by atoms with Crippen LogP contribution in [0.3, 0.4) is 0 Å². The molecule has 0 saturated heterocycles. The molecule has 0 spiro atoms. The summed E-state index contributed by atoms with van der Waals surface area (Å²) in [5, 5.41) is 7.98. The normalized spacial score (nSPS) is 10.1. The zero-order valence-electron chi connectivity index (χ0n) is 6.68. The molecule has 0 aromatic carbocycles. The highest BCUT2D eigenvalue weighted by molar-refractivity contribution is 5.29. The molecule has 12 heavy (non-hydrogen) atoms. The molecule has 0 unspecified atom stereocenters. The van der Waals surface area contributed by atoms with E-state index >= 15 is 0 Å². The van der Waals surface area contributed by atoms with E-state index in [0.717, 1.165) is 11.4 Å². The molecule has 2 aromatic heterocycles. The largest absolute Gasteiger partial charge is 0.235 e. The van der Waals surface area contributed by atoms with Crippen molar-refractivity contribution in [2.45, 2.75) is 6.92 Å². The average Bonchev–Trinajstić information content (AvgIpc) is 2.57. The third-order valence-electron chi connectivity index (χ3n) is 1.59. The zero-order valence-corrected chi connectivity index (χ0v) is 6.68. The van der Waals surface area contributed by atoms with Crippen LogP contribution >= 0.6 is 0 Å². The van der Waals surface area contributed by atoms with Gasteiger partial charge in [-0.05, 0) is 18.6 Å². The molecule has 0 radical (unpaired) electrons. The summed E-state index contributed by atoms with van der Waals surface area (Å²) in [4.78, 5) is 5.67. The van der Waals surface area contributed by atoms with Crippen molar-refractivity contribution >= 4 is 0 Å². The van der Waals surface area contributed by atoms with Crippen LogP contribution in [0.5, 0.6) is 0 Å². The molecule has 2 rings (SSSR count). The van der Waals surface area contributed by atoms with E-state index in [9.17, 15) is 0 Å². The van der Waals surface area contributed by atoms with Gasteiger partial charge in [0.05, 0.1) is 12.4 Å². The average molecular weight is 160 g/mol. The predicted molar refractivity (Wildman–Crippen MR) is 43.9 cm³/mol. The van der Waals surface area contributed by atoms with Crippen molar-refractivity contribution in [3.8, 4) is 5.82 Å². The Balaban J connectivity index is 2.55. The Morgan fingerprint density at radius 1 is 1.17 bits per heavy atom. The van der Waals surface area contributed by atoms with E-state index in [0.29, 0.717) is 0 Å². The Bertz CT molecular complexity index is 366. The third-order valence-corrected chi connectivity index (χ3v) is 1.59. The molecule has 0 fully saturated rings. The SMILES string of the molecule is Cc1cccnc1-n1nccn1. The second kappa shape index (κ2) is 2.73. The molecule has 0 saturated carbocycles. The molecule has 0 bridgehead atoms. The lowest BCUT2D eigenvalue weighted by molar-refractivity contribution is 0.724. The molecule has 4 heteroatoms. The van der Waals surface area contributed by atoms with Gasteiger partial charge in [-0.2, -0.15) is 10.2 Å². The Kier molecular flexibility index (Phi) is 1.59. The van der Waals surface area contributed by atoms with Crippen molar-refractivity contribution in [2.24, 2.45) is 0 Å². The number of hydrogen-bond donors (Lipinski definition) is 0. The Labute approximate surface area is 69.9 Å². The van der Waals surface area contributed by atoms with Crippen LogP contribution in [0.15, 0.2) is 30.7 Å². The van der Waals surface area contributed by atoms with Crippen LogP contribution < -0.4 is 0 Å². The summed E-state index contributed by atoms with van der Waals surface area (Å²) < 4.78 is 0. The zero-order chi connectivity index (χ0) is 8.39. The first-order chi connectivity index (χ1) is 5.88. The molecule has 4 nitrogen and oxygen atoms in total. The molecule has 0 aliphatic carbocycles. The summed E-state index contributed by atoms with van der Waals surface area (Å²) in [6.07, 6.45) is 4.99. The van der Waals surface area contributed by atoms with Crippen LogP contribution in [0, 0.1) is 6.92 Å². The van der Waals surface area contributed by atoms with E-state index in [2.05, 4.69) is 15.2 Å². The van der Waals surface area contributed by atoms with Gasteiger partial charge >= 0.3 is 0 Å². The summed E-state index contributed by atoms with van der Waals surface area (Å²) in [6, 6.07) is 3.87. The molecule has 60 valence electrons. The van der Waals surface area contributed by atoms with Gasteiger partial charge in [0.15, 0.2) is 5.82 Å². The van der Waals surface area contributed by atoms with Gasteiger partial charge in [-0.3, -0.25) is 0 Å². The second-order valence-electron chi connectivity index (χ2n) is 2.46. The van der Waals surface area contributed by atoms with Crippen molar-refractivity contribution in [3.05, 3.63) is 36.3 Å². The molecular formula is C8H8N4. The first kappa shape index (κ1) is 6.97. The Morgan fingerprint density at radius 3 is 2.58 bits per heavy atom. The highest BCUT2D eigenvalue weighted by atomic mass is 15.5. The van der Waals surface area contributed by atoms with Crippen LogP contribution in [0.2, 0.25) is 0 Å². The van der Waals surface area contributed by atoms with Gasteiger partial charge in [-0.25, -0.2) is 4.98 Å². The predicted octanol–water partition coefficient (Wildman–Crippen LogP) is 0.971. The molecule has 0 atom stereocenters. The topological polar surface area (TPSA) is 43.6 Å². The van der Waals surface area contributed by atoms with Crippen LogP contribution in [0.4, 0.5) is 0 Å². The number of nitrogens with zero attached hydrogens (tertiary/aromatic N) is 4. The van der Waals surface area contributed by atoms with E-state index in [-0.39, 0.29) is 0 Å². The molecule has 0 aliphatic heterocycles. The summed E-state index contributed by atoms with van der Waals surface area (Å²) in [6.45, 7) is 1.98. The summed E-state index contributed by atoms with van der Waals surface area (Å²) >= 11 is 0. The molecule has 2 aromatic rings. The third kappa shape index (κ3) is 1.07. The van der Waals surface area contributed by atoms with Crippen molar-refractivity contribution in [1.82, 2.24) is 20.0 Å². The molecule has 2 heterocycles. The Morgan fingerprint density at radius 2 is 1.92 bits per heavy atom. The van der Waals surface area contributed by atoms with Crippen LogP contribution in [-0.4, -0.2) is 20.0 Å². The minimum atomic E-state index is 0.780. The highest BCUT2D eigenvalue weighted by Gasteiger charge is 2.00. The van der Waals surface area contributed by atoms with Gasteiger partial charge < -0.3 is 0 Å².